The highest BCUT2D eigenvalue weighted by atomic mass is 14.4. The van der Waals surface area contributed by atoms with E-state index in [1.54, 1.807) is 22.3 Å². The third kappa shape index (κ3) is 3.53. The van der Waals surface area contributed by atoms with Crippen LogP contribution in [0.25, 0.3) is 22.3 Å². The summed E-state index contributed by atoms with van der Waals surface area (Å²) in [6, 6.07) is 21.3. The van der Waals surface area contributed by atoms with E-state index in [2.05, 4.69) is 61.5 Å². The maximum atomic E-state index is 2.68. The molecule has 0 nitrogen and oxygen atoms in total. The lowest BCUT2D eigenvalue weighted by Crippen LogP contribution is -2.15. The molecule has 0 saturated heterocycles. The molecule has 0 aromatic heterocycles. The molecular weight excluding hydrogens is 384 g/mol. The summed E-state index contributed by atoms with van der Waals surface area (Å²) in [6.07, 6.45) is 15.1. The van der Waals surface area contributed by atoms with Gasteiger partial charge in [0.1, 0.15) is 0 Å². The predicted octanol–water partition coefficient (Wildman–Crippen LogP) is 9.33. The van der Waals surface area contributed by atoms with Gasteiger partial charge in [-0.25, -0.2) is 0 Å². The fourth-order valence-electron chi connectivity index (χ4n) is 6.95. The smallest absolute Gasteiger partial charge is 0.000718 e. The van der Waals surface area contributed by atoms with Crippen molar-refractivity contribution in [1.82, 2.24) is 0 Å². The molecule has 2 fully saturated rings. The fraction of sp³-hybridized carbons (Fsp3) is 0.438. The van der Waals surface area contributed by atoms with E-state index in [1.807, 2.05) is 0 Å². The van der Waals surface area contributed by atoms with Crippen molar-refractivity contribution in [2.45, 2.75) is 89.4 Å². The van der Waals surface area contributed by atoms with Crippen LogP contribution >= 0.6 is 0 Å². The Morgan fingerprint density at radius 1 is 0.656 bits per heavy atom. The number of fused-ring (bicyclic) bond motifs is 3. The monoisotopic (exact) mass is 420 g/mol. The molecule has 0 bridgehead atoms. The maximum Gasteiger partial charge on any atom is -0.000718 e. The van der Waals surface area contributed by atoms with Gasteiger partial charge in [-0.15, -0.1) is 0 Å². The lowest BCUT2D eigenvalue weighted by Gasteiger charge is -2.33. The van der Waals surface area contributed by atoms with Crippen LogP contribution < -0.4 is 0 Å². The van der Waals surface area contributed by atoms with Crippen LogP contribution in [0.4, 0.5) is 0 Å². The lowest BCUT2D eigenvalue weighted by atomic mass is 9.71. The number of hydrogen-bond acceptors (Lipinski definition) is 0. The summed E-state index contributed by atoms with van der Waals surface area (Å²) in [4.78, 5) is 0. The minimum absolute atomic E-state index is 0.742. The van der Waals surface area contributed by atoms with Crippen LogP contribution in [0.15, 0.2) is 54.6 Å². The van der Waals surface area contributed by atoms with Gasteiger partial charge in [0.05, 0.1) is 0 Å². The summed E-state index contributed by atoms with van der Waals surface area (Å²) < 4.78 is 0. The highest BCUT2D eigenvalue weighted by Gasteiger charge is 2.32. The van der Waals surface area contributed by atoms with Gasteiger partial charge in [-0.2, -0.15) is 0 Å². The molecule has 0 unspecified atom stereocenters. The maximum absolute atomic E-state index is 2.68. The van der Waals surface area contributed by atoms with Gasteiger partial charge in [-0.3, -0.25) is 0 Å². The number of benzene rings is 3. The van der Waals surface area contributed by atoms with Crippen LogP contribution in [-0.2, 0) is 6.42 Å². The molecule has 3 aliphatic rings. The summed E-state index contributed by atoms with van der Waals surface area (Å²) >= 11 is 0. The van der Waals surface area contributed by atoms with Crippen LogP contribution in [-0.4, -0.2) is 0 Å². The van der Waals surface area contributed by atoms with Crippen LogP contribution in [0.2, 0.25) is 0 Å². The lowest BCUT2D eigenvalue weighted by molar-refractivity contribution is 0.419. The van der Waals surface area contributed by atoms with Crippen molar-refractivity contribution in [2.75, 3.05) is 0 Å². The minimum Gasteiger partial charge on any atom is -0.0619 e. The van der Waals surface area contributed by atoms with E-state index in [9.17, 15) is 0 Å². The van der Waals surface area contributed by atoms with E-state index in [0.29, 0.717) is 0 Å². The molecule has 0 spiro atoms. The number of rotatable bonds is 3. The van der Waals surface area contributed by atoms with Crippen molar-refractivity contribution in [3.05, 3.63) is 82.4 Å². The molecule has 0 aliphatic heterocycles. The predicted molar refractivity (Wildman–Crippen MR) is 137 cm³/mol. The van der Waals surface area contributed by atoms with Crippen molar-refractivity contribution in [3.8, 4) is 22.3 Å². The second kappa shape index (κ2) is 8.54. The van der Waals surface area contributed by atoms with E-state index >= 15 is 0 Å². The van der Waals surface area contributed by atoms with Gasteiger partial charge < -0.3 is 0 Å². The van der Waals surface area contributed by atoms with E-state index in [-0.39, 0.29) is 0 Å². The Morgan fingerprint density at radius 3 is 2.03 bits per heavy atom. The van der Waals surface area contributed by atoms with Gasteiger partial charge in [-0.1, -0.05) is 98.7 Å². The largest absolute Gasteiger partial charge is 0.0619 e. The Bertz CT molecular complexity index is 1110. The zero-order valence-electron chi connectivity index (χ0n) is 19.6. The van der Waals surface area contributed by atoms with Gasteiger partial charge in [0, 0.05) is 0 Å². The highest BCUT2D eigenvalue weighted by Crippen LogP contribution is 2.51. The second-order valence-electron chi connectivity index (χ2n) is 10.7. The Morgan fingerprint density at radius 2 is 1.31 bits per heavy atom. The summed E-state index contributed by atoms with van der Waals surface area (Å²) in [7, 11) is 0. The topological polar surface area (TPSA) is 0 Å². The Balaban J connectivity index is 1.63. The number of hydrogen-bond donors (Lipinski definition) is 0. The van der Waals surface area contributed by atoms with E-state index in [0.717, 1.165) is 18.3 Å². The Hall–Kier alpha value is -2.34. The van der Waals surface area contributed by atoms with Crippen molar-refractivity contribution < 1.29 is 0 Å². The first-order valence-electron chi connectivity index (χ1n) is 13.1. The van der Waals surface area contributed by atoms with Crippen LogP contribution in [0.1, 0.15) is 104 Å². The third-order valence-electron chi connectivity index (χ3n) is 8.58. The molecule has 0 heterocycles. The highest BCUT2D eigenvalue weighted by molar-refractivity contribution is 5.88. The summed E-state index contributed by atoms with van der Waals surface area (Å²) in [6.45, 7) is 2.21. The fourth-order valence-corrected chi connectivity index (χ4v) is 6.95. The SMILES string of the molecule is Cc1ccc(-c2c3c(cc(C4CCCCC4)c2C2CCCCC2)-c2ccccc2C3)cc1. The number of aryl methyl sites for hydroxylation is 1. The third-order valence-corrected chi connectivity index (χ3v) is 8.58. The summed E-state index contributed by atoms with van der Waals surface area (Å²) in [5, 5.41) is 0. The Kier molecular flexibility index (Phi) is 5.41. The normalized spacial score (nSPS) is 19.0. The summed E-state index contributed by atoms with van der Waals surface area (Å²) in [5.74, 6) is 1.49. The molecule has 2 saturated carbocycles. The molecular formula is C32H36. The second-order valence-corrected chi connectivity index (χ2v) is 10.7. The van der Waals surface area contributed by atoms with Crippen LogP contribution in [0, 0.1) is 6.92 Å². The van der Waals surface area contributed by atoms with Crippen LogP contribution in [0.5, 0.6) is 0 Å². The molecule has 3 aromatic carbocycles. The molecule has 0 radical (unpaired) electrons. The standard InChI is InChI=1S/C32H36/c1-22-16-18-25(19-17-22)32-30-20-26-14-8-9-15-27(26)29(30)21-28(23-10-4-2-5-11-23)31(32)24-12-6-3-7-13-24/h8-9,14-19,21,23-24H,2-7,10-13,20H2,1H3. The molecule has 0 heteroatoms. The zero-order chi connectivity index (χ0) is 21.5. The first-order chi connectivity index (χ1) is 15.8. The van der Waals surface area contributed by atoms with E-state index in [1.165, 1.54) is 92.0 Å². The van der Waals surface area contributed by atoms with Gasteiger partial charge in [0.25, 0.3) is 0 Å². The molecule has 3 aliphatic carbocycles. The molecule has 0 atom stereocenters. The van der Waals surface area contributed by atoms with Crippen molar-refractivity contribution in [2.24, 2.45) is 0 Å². The van der Waals surface area contributed by atoms with Crippen molar-refractivity contribution in [3.63, 3.8) is 0 Å². The first kappa shape index (κ1) is 20.3. The van der Waals surface area contributed by atoms with Gasteiger partial charge in [0.2, 0.25) is 0 Å². The molecule has 32 heavy (non-hydrogen) atoms. The van der Waals surface area contributed by atoms with Crippen molar-refractivity contribution in [1.29, 1.82) is 0 Å². The molecule has 0 amide bonds. The average molecular weight is 421 g/mol. The molecule has 6 rings (SSSR count). The van der Waals surface area contributed by atoms with Crippen LogP contribution in [0.3, 0.4) is 0 Å². The minimum atomic E-state index is 0.742. The average Bonchev–Trinajstić information content (AvgIpc) is 3.23. The molecule has 0 N–H and O–H groups in total. The first-order valence-corrected chi connectivity index (χ1v) is 13.1. The molecule has 3 aromatic rings. The zero-order valence-corrected chi connectivity index (χ0v) is 19.6. The van der Waals surface area contributed by atoms with E-state index in [4.69, 9.17) is 0 Å². The quantitative estimate of drug-likeness (QED) is 0.310. The van der Waals surface area contributed by atoms with Crippen molar-refractivity contribution >= 4 is 0 Å². The van der Waals surface area contributed by atoms with Gasteiger partial charge >= 0.3 is 0 Å². The van der Waals surface area contributed by atoms with E-state index < -0.39 is 0 Å². The molecule has 164 valence electrons. The Labute approximate surface area is 194 Å². The van der Waals surface area contributed by atoms with Gasteiger partial charge in [-0.05, 0) is 95.4 Å². The summed E-state index contributed by atoms with van der Waals surface area (Å²) in [5.41, 5.74) is 14.1. The van der Waals surface area contributed by atoms with Gasteiger partial charge in [0.15, 0.2) is 0 Å².